The monoisotopic (exact) mass is 417 g/mol. The molecule has 0 radical (unpaired) electrons. The maximum atomic E-state index is 12.9. The van der Waals surface area contributed by atoms with Crippen molar-refractivity contribution in [2.45, 2.75) is 31.7 Å². The minimum Gasteiger partial charge on any atom is -0.454 e. The zero-order chi connectivity index (χ0) is 21.3. The van der Waals surface area contributed by atoms with Gasteiger partial charge in [-0.05, 0) is 42.9 Å². The zero-order valence-corrected chi connectivity index (χ0v) is 18.1. The molecule has 8 nitrogen and oxygen atoms in total. The van der Waals surface area contributed by atoms with E-state index in [1.165, 1.54) is 10.5 Å². The Hall–Kier alpha value is -2.32. The quantitative estimate of drug-likeness (QED) is 0.632. The lowest BCUT2D eigenvalue weighted by atomic mass is 9.85. The van der Waals surface area contributed by atoms with E-state index in [0.29, 0.717) is 38.7 Å². The number of rotatable bonds is 7. The van der Waals surface area contributed by atoms with Crippen LogP contribution in [0.25, 0.3) is 0 Å². The fourth-order valence-electron chi connectivity index (χ4n) is 4.94. The Morgan fingerprint density at radius 1 is 1.17 bits per heavy atom. The number of benzene rings is 1. The third-order valence-corrected chi connectivity index (χ3v) is 6.53. The zero-order valence-electron chi connectivity index (χ0n) is 18.1. The SMILES string of the molecule is COCCN1C(=O)N(C)C(=O)C12CCN(C[C@@H](C)Cc1ccc3c(c1)OCO3)CC2. The number of likely N-dealkylation sites (tertiary alicyclic amines) is 1. The van der Waals surface area contributed by atoms with Gasteiger partial charge in [0.05, 0.1) is 6.61 Å². The summed E-state index contributed by atoms with van der Waals surface area (Å²) in [6.07, 6.45) is 2.29. The van der Waals surface area contributed by atoms with Crippen molar-refractivity contribution in [1.82, 2.24) is 14.7 Å². The van der Waals surface area contributed by atoms with Gasteiger partial charge in [0.15, 0.2) is 11.5 Å². The molecule has 3 aliphatic heterocycles. The van der Waals surface area contributed by atoms with E-state index < -0.39 is 5.54 Å². The molecule has 4 rings (SSSR count). The number of ether oxygens (including phenoxy) is 3. The van der Waals surface area contributed by atoms with Crippen molar-refractivity contribution in [2.24, 2.45) is 5.92 Å². The van der Waals surface area contributed by atoms with E-state index in [-0.39, 0.29) is 11.9 Å². The standard InChI is InChI=1S/C22H31N3O5/c1-16(12-17-4-5-18-19(13-17)30-15-29-18)14-24-8-6-22(7-9-24)20(26)23(2)21(27)25(22)10-11-28-3/h4-5,13,16H,6-12,14-15H2,1-3H3/t16-/m0/s1. The number of hydrogen-bond donors (Lipinski definition) is 0. The van der Waals surface area contributed by atoms with Crippen LogP contribution in [0.3, 0.4) is 0 Å². The first-order valence-electron chi connectivity index (χ1n) is 10.6. The molecule has 0 bridgehead atoms. The van der Waals surface area contributed by atoms with Crippen LogP contribution < -0.4 is 9.47 Å². The van der Waals surface area contributed by atoms with Crippen LogP contribution in [0.15, 0.2) is 18.2 Å². The number of likely N-dealkylation sites (N-methyl/N-ethyl adjacent to an activating group) is 1. The summed E-state index contributed by atoms with van der Waals surface area (Å²) in [6.45, 7) is 6.00. The largest absolute Gasteiger partial charge is 0.454 e. The molecule has 2 fully saturated rings. The minimum absolute atomic E-state index is 0.0725. The average molecular weight is 418 g/mol. The normalized spacial score (nSPS) is 21.7. The van der Waals surface area contributed by atoms with Gasteiger partial charge in [0.1, 0.15) is 5.54 Å². The Morgan fingerprint density at radius 3 is 2.63 bits per heavy atom. The Balaban J connectivity index is 1.34. The molecule has 0 saturated carbocycles. The van der Waals surface area contributed by atoms with Crippen LogP contribution >= 0.6 is 0 Å². The number of methoxy groups -OCH3 is 1. The first-order chi connectivity index (χ1) is 14.4. The molecule has 0 aromatic heterocycles. The Morgan fingerprint density at radius 2 is 1.90 bits per heavy atom. The van der Waals surface area contributed by atoms with Gasteiger partial charge in [0.25, 0.3) is 5.91 Å². The molecule has 3 amide bonds. The van der Waals surface area contributed by atoms with Crippen molar-refractivity contribution in [3.8, 4) is 11.5 Å². The highest BCUT2D eigenvalue weighted by Crippen LogP contribution is 2.37. The average Bonchev–Trinajstić information content (AvgIpc) is 3.27. The van der Waals surface area contributed by atoms with E-state index in [4.69, 9.17) is 14.2 Å². The molecule has 0 N–H and O–H groups in total. The lowest BCUT2D eigenvalue weighted by Gasteiger charge is -2.42. The second-order valence-electron chi connectivity index (χ2n) is 8.62. The lowest BCUT2D eigenvalue weighted by Crippen LogP contribution is -2.57. The van der Waals surface area contributed by atoms with Crippen LogP contribution in [0.2, 0.25) is 0 Å². The second-order valence-corrected chi connectivity index (χ2v) is 8.62. The number of imide groups is 1. The second kappa shape index (κ2) is 8.43. The van der Waals surface area contributed by atoms with Crippen LogP contribution in [-0.2, 0) is 16.0 Å². The summed E-state index contributed by atoms with van der Waals surface area (Å²) in [5, 5.41) is 0. The van der Waals surface area contributed by atoms with Gasteiger partial charge in [-0.15, -0.1) is 0 Å². The summed E-state index contributed by atoms with van der Waals surface area (Å²) in [4.78, 5) is 30.9. The maximum Gasteiger partial charge on any atom is 0.327 e. The van der Waals surface area contributed by atoms with Crippen LogP contribution in [0.4, 0.5) is 4.79 Å². The van der Waals surface area contributed by atoms with Gasteiger partial charge < -0.3 is 24.0 Å². The third kappa shape index (κ3) is 3.74. The summed E-state index contributed by atoms with van der Waals surface area (Å²) < 4.78 is 16.0. The topological polar surface area (TPSA) is 71.6 Å². The van der Waals surface area contributed by atoms with Gasteiger partial charge in [-0.3, -0.25) is 9.69 Å². The van der Waals surface area contributed by atoms with E-state index >= 15 is 0 Å². The summed E-state index contributed by atoms with van der Waals surface area (Å²) in [7, 11) is 3.20. The van der Waals surface area contributed by atoms with Crippen LogP contribution in [0.5, 0.6) is 11.5 Å². The van der Waals surface area contributed by atoms with E-state index in [9.17, 15) is 9.59 Å². The van der Waals surface area contributed by atoms with Crippen LogP contribution in [-0.4, -0.2) is 85.9 Å². The van der Waals surface area contributed by atoms with Gasteiger partial charge in [0.2, 0.25) is 6.79 Å². The van der Waals surface area contributed by atoms with Gasteiger partial charge in [-0.25, -0.2) is 4.79 Å². The van der Waals surface area contributed by atoms with Gasteiger partial charge in [-0.2, -0.15) is 0 Å². The number of hydrogen-bond acceptors (Lipinski definition) is 6. The van der Waals surface area contributed by atoms with Crippen molar-refractivity contribution in [3.05, 3.63) is 23.8 Å². The molecule has 2 saturated heterocycles. The predicted octanol–water partition coefficient (Wildman–Crippen LogP) is 1.97. The molecule has 1 aromatic carbocycles. The molecule has 164 valence electrons. The van der Waals surface area contributed by atoms with Crippen LogP contribution in [0, 0.1) is 5.92 Å². The number of fused-ring (bicyclic) bond motifs is 1. The van der Waals surface area contributed by atoms with Gasteiger partial charge in [-0.1, -0.05) is 13.0 Å². The van der Waals surface area contributed by atoms with Crippen molar-refractivity contribution >= 4 is 11.9 Å². The number of carbonyl (C=O) groups is 2. The molecular weight excluding hydrogens is 386 g/mol. The molecule has 0 aliphatic carbocycles. The summed E-state index contributed by atoms with van der Waals surface area (Å²) in [5.41, 5.74) is 0.533. The van der Waals surface area contributed by atoms with Crippen LogP contribution in [0.1, 0.15) is 25.3 Å². The van der Waals surface area contributed by atoms with E-state index in [1.807, 2.05) is 6.07 Å². The number of piperidine rings is 1. The van der Waals surface area contributed by atoms with Gasteiger partial charge in [0, 0.05) is 40.3 Å². The summed E-state index contributed by atoms with van der Waals surface area (Å²) in [5.74, 6) is 2.03. The number of urea groups is 1. The van der Waals surface area contributed by atoms with E-state index in [1.54, 1.807) is 19.1 Å². The summed E-state index contributed by atoms with van der Waals surface area (Å²) in [6, 6.07) is 5.93. The smallest absolute Gasteiger partial charge is 0.327 e. The number of nitrogens with zero attached hydrogens (tertiary/aromatic N) is 3. The minimum atomic E-state index is -0.707. The first-order valence-corrected chi connectivity index (χ1v) is 10.6. The van der Waals surface area contributed by atoms with Crippen molar-refractivity contribution in [3.63, 3.8) is 0 Å². The molecule has 3 heterocycles. The molecule has 8 heteroatoms. The maximum absolute atomic E-state index is 12.9. The Labute approximate surface area is 177 Å². The van der Waals surface area contributed by atoms with Crippen molar-refractivity contribution < 1.29 is 23.8 Å². The summed E-state index contributed by atoms with van der Waals surface area (Å²) >= 11 is 0. The fraction of sp³-hybridized carbons (Fsp3) is 0.636. The molecule has 1 atom stereocenters. The molecule has 1 spiro atoms. The predicted molar refractivity (Wildman–Crippen MR) is 111 cm³/mol. The molecule has 30 heavy (non-hydrogen) atoms. The number of carbonyl (C=O) groups excluding carboxylic acids is 2. The highest BCUT2D eigenvalue weighted by atomic mass is 16.7. The molecule has 1 aromatic rings. The fourth-order valence-corrected chi connectivity index (χ4v) is 4.94. The van der Waals surface area contributed by atoms with Crippen molar-refractivity contribution in [2.75, 3.05) is 53.7 Å². The molecular formula is C22H31N3O5. The molecule has 3 aliphatic rings. The Bertz CT molecular complexity index is 806. The third-order valence-electron chi connectivity index (χ3n) is 6.53. The Kier molecular flexibility index (Phi) is 5.88. The van der Waals surface area contributed by atoms with Crippen molar-refractivity contribution in [1.29, 1.82) is 0 Å². The van der Waals surface area contributed by atoms with E-state index in [2.05, 4.69) is 24.0 Å². The lowest BCUT2D eigenvalue weighted by molar-refractivity contribution is -0.135. The highest BCUT2D eigenvalue weighted by molar-refractivity contribution is 6.06. The number of amides is 3. The van der Waals surface area contributed by atoms with E-state index in [0.717, 1.165) is 37.6 Å². The first kappa shape index (κ1) is 20.9. The van der Waals surface area contributed by atoms with Gasteiger partial charge >= 0.3 is 6.03 Å². The molecule has 0 unspecified atom stereocenters. The highest BCUT2D eigenvalue weighted by Gasteiger charge is 2.56.